The largest absolute Gasteiger partial charge is 0.486 e. The maximum absolute atomic E-state index is 15.0. The lowest BCUT2D eigenvalue weighted by atomic mass is 9.90. The summed E-state index contributed by atoms with van der Waals surface area (Å²) in [4.78, 5) is 62.7. The minimum atomic E-state index is -4.90. The molecule has 3 fully saturated rings. The number of ether oxygens (including phenoxy) is 5. The summed E-state index contributed by atoms with van der Waals surface area (Å²) >= 11 is 0. The van der Waals surface area contributed by atoms with Crippen LogP contribution in [0.15, 0.2) is 36.5 Å². The third-order valence-electron chi connectivity index (χ3n) is 12.6. The molecular formula is C42H52F3N3O11S. The standard InChI is InChI=1S/C42H52F3N3O11S/c1-6-32-29(20-34(50)59-39(3,4)42(43,44)45)37(51)48-23-26(58-36-28-11-12-33-35(56-18-17-55-33)27(28)13-16-46-36)19-30(48)31(49)22-41(21-25(41)10-8-7-9-24(2)57-32)38(52)47-60(53,54)40(5)14-15-40/h8,10-13,16,24-26,29-30,32H,6-7,9,14-15,17-23H2,1-5H3,(H,47,52)/b10-8-/t24-,25-,26-,29+,30+,32+,41-/m1/s1. The summed E-state index contributed by atoms with van der Waals surface area (Å²) < 4.78 is 98.5. The van der Waals surface area contributed by atoms with Crippen molar-refractivity contribution in [3.8, 4) is 17.4 Å². The smallest absolute Gasteiger partial charge is 0.427 e. The topological polar surface area (TPSA) is 177 Å². The number of sulfonamides is 1. The van der Waals surface area contributed by atoms with Crippen LogP contribution in [0.25, 0.3) is 10.8 Å². The number of esters is 1. The van der Waals surface area contributed by atoms with Gasteiger partial charge in [0.1, 0.15) is 19.3 Å². The lowest BCUT2D eigenvalue weighted by molar-refractivity contribution is -0.258. The summed E-state index contributed by atoms with van der Waals surface area (Å²) in [5, 5.41) is 1.23. The lowest BCUT2D eigenvalue weighted by Crippen LogP contribution is -2.50. The predicted molar refractivity (Wildman–Crippen MR) is 209 cm³/mol. The molecule has 0 radical (unpaired) electrons. The number of fused-ring (bicyclic) bond motifs is 5. The van der Waals surface area contributed by atoms with Crippen LogP contribution in [0.5, 0.6) is 17.4 Å². The highest BCUT2D eigenvalue weighted by molar-refractivity contribution is 7.91. The van der Waals surface area contributed by atoms with Gasteiger partial charge in [0, 0.05) is 29.8 Å². The Morgan fingerprint density at radius 2 is 1.82 bits per heavy atom. The van der Waals surface area contributed by atoms with Crippen molar-refractivity contribution in [2.45, 2.75) is 133 Å². The fraction of sp³-hybridized carbons (Fsp3) is 0.643. The number of amides is 2. The van der Waals surface area contributed by atoms with Gasteiger partial charge < -0.3 is 28.6 Å². The molecule has 1 aromatic heterocycles. The van der Waals surface area contributed by atoms with Crippen LogP contribution in [0.2, 0.25) is 0 Å². The summed E-state index contributed by atoms with van der Waals surface area (Å²) in [6.07, 6.45) is -1.23. The molecule has 1 aromatic carbocycles. The average molecular weight is 864 g/mol. The number of carbonyl (C=O) groups excluding carboxylic acids is 4. The molecule has 7 atom stereocenters. The number of pyridine rings is 1. The molecular weight excluding hydrogens is 812 g/mol. The van der Waals surface area contributed by atoms with Crippen LogP contribution in [0.1, 0.15) is 92.4 Å². The second-order valence-electron chi connectivity index (χ2n) is 17.5. The van der Waals surface area contributed by atoms with Crippen molar-refractivity contribution in [1.29, 1.82) is 0 Å². The zero-order chi connectivity index (χ0) is 43.4. The third-order valence-corrected chi connectivity index (χ3v) is 14.8. The fourth-order valence-corrected chi connectivity index (χ4v) is 9.69. The molecule has 0 unspecified atom stereocenters. The Morgan fingerprint density at radius 1 is 1.08 bits per heavy atom. The van der Waals surface area contributed by atoms with Crippen molar-refractivity contribution < 1.29 is 64.5 Å². The van der Waals surface area contributed by atoms with Gasteiger partial charge >= 0.3 is 12.1 Å². The van der Waals surface area contributed by atoms with Crippen molar-refractivity contribution in [3.63, 3.8) is 0 Å². The van der Waals surface area contributed by atoms with E-state index in [9.17, 15) is 40.8 Å². The summed E-state index contributed by atoms with van der Waals surface area (Å²) in [6.45, 7) is 7.00. The van der Waals surface area contributed by atoms with Crippen molar-refractivity contribution in [1.82, 2.24) is 14.6 Å². The van der Waals surface area contributed by atoms with Crippen LogP contribution in [-0.4, -0.2) is 103 Å². The number of Topliss-reactive ketones (excluding diaryl/α,β-unsaturated/α-hetero) is 1. The number of nitrogens with one attached hydrogen (secondary N) is 1. The van der Waals surface area contributed by atoms with Crippen molar-refractivity contribution >= 4 is 44.4 Å². The number of hydrogen-bond acceptors (Lipinski definition) is 12. The maximum Gasteiger partial charge on any atom is 0.427 e. The van der Waals surface area contributed by atoms with Gasteiger partial charge in [-0.25, -0.2) is 13.4 Å². The van der Waals surface area contributed by atoms with E-state index < -0.39 is 105 Å². The van der Waals surface area contributed by atoms with Crippen molar-refractivity contribution in [2.24, 2.45) is 17.3 Å². The first-order valence-corrected chi connectivity index (χ1v) is 22.0. The van der Waals surface area contributed by atoms with Gasteiger partial charge in [-0.3, -0.25) is 23.9 Å². The molecule has 5 aliphatic rings. The molecule has 2 amide bonds. The second-order valence-corrected chi connectivity index (χ2v) is 19.7. The molecule has 0 bridgehead atoms. The van der Waals surface area contributed by atoms with E-state index >= 15 is 0 Å². The monoisotopic (exact) mass is 863 g/mol. The van der Waals surface area contributed by atoms with E-state index in [0.29, 0.717) is 75.0 Å². The summed E-state index contributed by atoms with van der Waals surface area (Å²) in [7, 11) is -4.06. The Kier molecular flexibility index (Phi) is 11.7. The van der Waals surface area contributed by atoms with Gasteiger partial charge in [0.25, 0.3) is 0 Å². The molecule has 1 saturated heterocycles. The van der Waals surface area contributed by atoms with Crippen LogP contribution < -0.4 is 18.9 Å². The summed E-state index contributed by atoms with van der Waals surface area (Å²) in [5.41, 5.74) is -4.28. The minimum absolute atomic E-state index is 0.0753. The first kappa shape index (κ1) is 43.6. The van der Waals surface area contributed by atoms with Gasteiger partial charge in [-0.15, -0.1) is 0 Å². The Balaban J connectivity index is 1.24. The highest BCUT2D eigenvalue weighted by Gasteiger charge is 2.63. The maximum atomic E-state index is 15.0. The van der Waals surface area contributed by atoms with Gasteiger partial charge in [0.15, 0.2) is 17.3 Å². The van der Waals surface area contributed by atoms with Crippen LogP contribution >= 0.6 is 0 Å². The summed E-state index contributed by atoms with van der Waals surface area (Å²) in [5.74, 6) is -3.98. The number of aromatic nitrogens is 1. The molecule has 328 valence electrons. The Labute approximate surface area is 346 Å². The van der Waals surface area contributed by atoms with Crippen LogP contribution in [-0.2, 0) is 38.7 Å². The first-order chi connectivity index (χ1) is 28.2. The zero-order valence-corrected chi connectivity index (χ0v) is 35.2. The average Bonchev–Trinajstić information content (AvgIpc) is 4.07. The number of halogens is 3. The van der Waals surface area contributed by atoms with E-state index in [0.717, 1.165) is 0 Å². The molecule has 60 heavy (non-hydrogen) atoms. The van der Waals surface area contributed by atoms with Gasteiger partial charge in [-0.1, -0.05) is 19.1 Å². The molecule has 0 spiro atoms. The van der Waals surface area contributed by atoms with E-state index in [4.69, 9.17) is 23.7 Å². The minimum Gasteiger partial charge on any atom is -0.486 e. The normalized spacial score (nSPS) is 30.0. The van der Waals surface area contributed by atoms with Gasteiger partial charge in [0.2, 0.25) is 33.3 Å². The zero-order valence-electron chi connectivity index (χ0n) is 34.3. The second kappa shape index (κ2) is 16.1. The number of allylic oxidation sites excluding steroid dienone is 2. The number of alkyl halides is 3. The number of benzene rings is 1. The number of rotatable bonds is 9. The Hall–Kier alpha value is -4.45. The van der Waals surface area contributed by atoms with E-state index in [1.54, 1.807) is 39.0 Å². The van der Waals surface area contributed by atoms with E-state index in [1.165, 1.54) is 11.1 Å². The lowest BCUT2D eigenvalue weighted by Gasteiger charge is -2.34. The molecule has 1 N–H and O–H groups in total. The number of hydrogen-bond donors (Lipinski definition) is 1. The molecule has 2 aliphatic carbocycles. The van der Waals surface area contributed by atoms with Crippen molar-refractivity contribution in [3.05, 3.63) is 36.5 Å². The molecule has 4 heterocycles. The van der Waals surface area contributed by atoms with Crippen molar-refractivity contribution in [2.75, 3.05) is 19.8 Å². The molecule has 18 heteroatoms. The van der Waals surface area contributed by atoms with Crippen LogP contribution in [0.3, 0.4) is 0 Å². The molecule has 2 aromatic rings. The number of nitrogens with zero attached hydrogens (tertiary/aromatic N) is 2. The Morgan fingerprint density at radius 3 is 2.52 bits per heavy atom. The van der Waals surface area contributed by atoms with Gasteiger partial charge in [0.05, 0.1) is 47.3 Å². The third kappa shape index (κ3) is 8.55. The molecule has 2 saturated carbocycles. The number of ketones is 1. The molecule has 7 rings (SSSR count). The fourth-order valence-electron chi connectivity index (χ4n) is 8.36. The highest BCUT2D eigenvalue weighted by atomic mass is 32.2. The van der Waals surface area contributed by atoms with Gasteiger partial charge in [-0.05, 0) is 90.3 Å². The van der Waals surface area contributed by atoms with E-state index in [2.05, 4.69) is 9.71 Å². The van der Waals surface area contributed by atoms with E-state index in [-0.39, 0.29) is 31.7 Å². The quantitative estimate of drug-likeness (QED) is 0.239. The Bertz CT molecular complexity index is 2180. The van der Waals surface area contributed by atoms with E-state index in [1.807, 2.05) is 12.2 Å². The SMILES string of the molecule is CC[C@@H]1O[C@H](C)CC/C=C\[C@@H]2C[C@@]2(C(=O)NS(=O)(=O)C2(C)CC2)CC(=O)[C@@H]2C[C@@H](Oc3nccc4c5c(ccc34)OCCO5)CN2C(=O)[C@H]1CC(=O)OC(C)(C)C(F)(F)F. The first-order valence-electron chi connectivity index (χ1n) is 20.5. The number of carbonyl (C=O) groups is 4. The van der Waals surface area contributed by atoms with Gasteiger partial charge in [-0.2, -0.15) is 13.2 Å². The highest BCUT2D eigenvalue weighted by Crippen LogP contribution is 2.58. The summed E-state index contributed by atoms with van der Waals surface area (Å²) in [6, 6.07) is 3.98. The van der Waals surface area contributed by atoms with Crippen LogP contribution in [0, 0.1) is 17.3 Å². The molecule has 14 nitrogen and oxygen atoms in total. The predicted octanol–water partition coefficient (Wildman–Crippen LogP) is 5.74. The molecule has 3 aliphatic heterocycles. The van der Waals surface area contributed by atoms with Crippen LogP contribution in [0.4, 0.5) is 13.2 Å².